The van der Waals surface area contributed by atoms with Crippen LogP contribution in [0.3, 0.4) is 0 Å². The zero-order valence-corrected chi connectivity index (χ0v) is 16.4. The monoisotopic (exact) mass is 386 g/mol. The quantitative estimate of drug-likeness (QED) is 0.743. The fourth-order valence-corrected chi connectivity index (χ4v) is 4.79. The Balaban J connectivity index is 2.29. The lowest BCUT2D eigenvalue weighted by molar-refractivity contribution is -0.115. The molecule has 1 aliphatic rings. The predicted octanol–water partition coefficient (Wildman–Crippen LogP) is 2.95. The Hall–Kier alpha value is -1.25. The van der Waals surface area contributed by atoms with Crippen LogP contribution < -0.4 is 10.1 Å². The van der Waals surface area contributed by atoms with Crippen LogP contribution in [0.1, 0.15) is 32.6 Å². The number of amides is 1. The van der Waals surface area contributed by atoms with Gasteiger partial charge in [-0.25, -0.2) is 8.42 Å². The molecule has 0 aliphatic carbocycles. The van der Waals surface area contributed by atoms with E-state index in [9.17, 15) is 13.2 Å². The van der Waals surface area contributed by atoms with Crippen molar-refractivity contribution in [3.63, 3.8) is 0 Å². The summed E-state index contributed by atoms with van der Waals surface area (Å²) in [5.74, 6) is 0.928. The van der Waals surface area contributed by atoms with E-state index < -0.39 is 10.0 Å². The molecule has 1 aromatic carbocycles. The Morgan fingerprint density at radius 1 is 1.28 bits per heavy atom. The summed E-state index contributed by atoms with van der Waals surface area (Å²) in [5, 5.41) is 2.77. The maximum Gasteiger partial charge on any atom is 0.246 e. The molecule has 2 rings (SSSR count). The standard InChI is InChI=1S/C17H26N2O4S2/c1-3-23-15-8-7-14(18-17(20)9-12-24-2)13-16(15)25(21,22)19-10-5-4-6-11-19/h7-8,13H,3-6,9-12H2,1-2H3,(H,18,20). The lowest BCUT2D eigenvalue weighted by atomic mass is 10.2. The van der Waals surface area contributed by atoms with Crippen LogP contribution in [-0.2, 0) is 14.8 Å². The van der Waals surface area contributed by atoms with Crippen LogP contribution >= 0.6 is 11.8 Å². The lowest BCUT2D eigenvalue weighted by Crippen LogP contribution is -2.35. The molecule has 0 saturated carbocycles. The van der Waals surface area contributed by atoms with Crippen molar-refractivity contribution in [2.45, 2.75) is 37.5 Å². The molecule has 0 radical (unpaired) electrons. The number of benzene rings is 1. The average Bonchev–Trinajstić information content (AvgIpc) is 2.62. The number of sulfonamides is 1. The molecule has 1 aliphatic heterocycles. The number of piperidine rings is 1. The van der Waals surface area contributed by atoms with Crippen molar-refractivity contribution >= 4 is 33.4 Å². The number of anilines is 1. The van der Waals surface area contributed by atoms with Gasteiger partial charge in [-0.2, -0.15) is 16.1 Å². The van der Waals surface area contributed by atoms with E-state index in [2.05, 4.69) is 5.32 Å². The van der Waals surface area contributed by atoms with Crippen molar-refractivity contribution in [3.05, 3.63) is 18.2 Å². The van der Waals surface area contributed by atoms with Gasteiger partial charge < -0.3 is 10.1 Å². The van der Waals surface area contributed by atoms with E-state index in [0.717, 1.165) is 25.0 Å². The zero-order valence-electron chi connectivity index (χ0n) is 14.8. The molecule has 1 saturated heterocycles. The van der Waals surface area contributed by atoms with E-state index in [4.69, 9.17) is 4.74 Å². The maximum absolute atomic E-state index is 13.0. The highest BCUT2D eigenvalue weighted by Crippen LogP contribution is 2.31. The van der Waals surface area contributed by atoms with Gasteiger partial charge in [-0.15, -0.1) is 0 Å². The van der Waals surface area contributed by atoms with Gasteiger partial charge in [0.25, 0.3) is 0 Å². The van der Waals surface area contributed by atoms with Gasteiger partial charge in [-0.1, -0.05) is 6.42 Å². The molecule has 0 aromatic heterocycles. The maximum atomic E-state index is 13.0. The number of nitrogens with one attached hydrogen (secondary N) is 1. The molecule has 0 spiro atoms. The van der Waals surface area contributed by atoms with Gasteiger partial charge >= 0.3 is 0 Å². The minimum absolute atomic E-state index is 0.124. The topological polar surface area (TPSA) is 75.7 Å². The highest BCUT2D eigenvalue weighted by atomic mass is 32.2. The molecule has 1 N–H and O–H groups in total. The largest absolute Gasteiger partial charge is 0.492 e. The van der Waals surface area contributed by atoms with Gasteiger partial charge in [0, 0.05) is 31.0 Å². The number of nitrogens with zero attached hydrogens (tertiary/aromatic N) is 1. The van der Waals surface area contributed by atoms with E-state index >= 15 is 0 Å². The molecule has 140 valence electrons. The van der Waals surface area contributed by atoms with Crippen molar-refractivity contribution in [1.82, 2.24) is 4.31 Å². The first kappa shape index (κ1) is 20.1. The first-order valence-electron chi connectivity index (χ1n) is 8.55. The molecule has 1 heterocycles. The van der Waals surface area contributed by atoms with Crippen molar-refractivity contribution in [1.29, 1.82) is 0 Å². The summed E-state index contributed by atoms with van der Waals surface area (Å²) >= 11 is 1.59. The van der Waals surface area contributed by atoms with E-state index in [-0.39, 0.29) is 10.8 Å². The van der Waals surface area contributed by atoms with Crippen molar-refractivity contribution in [3.8, 4) is 5.75 Å². The summed E-state index contributed by atoms with van der Waals surface area (Å²) in [6.45, 7) is 3.24. The number of hydrogen-bond acceptors (Lipinski definition) is 5. The second kappa shape index (κ2) is 9.45. The SMILES string of the molecule is CCOc1ccc(NC(=O)CCSC)cc1S(=O)(=O)N1CCCCC1. The summed E-state index contributed by atoms with van der Waals surface area (Å²) in [6, 6.07) is 4.80. The Bertz CT molecular complexity index is 686. The second-order valence-corrected chi connectivity index (χ2v) is 8.74. The molecule has 1 aromatic rings. The summed E-state index contributed by atoms with van der Waals surface area (Å²) < 4.78 is 33.1. The van der Waals surface area contributed by atoms with Crippen LogP contribution in [0.4, 0.5) is 5.69 Å². The molecule has 8 heteroatoms. The van der Waals surface area contributed by atoms with Crippen molar-refractivity contribution in [2.75, 3.05) is 37.0 Å². The number of hydrogen-bond donors (Lipinski definition) is 1. The Morgan fingerprint density at radius 2 is 2.00 bits per heavy atom. The van der Waals surface area contributed by atoms with Crippen LogP contribution in [0.5, 0.6) is 5.75 Å². The highest BCUT2D eigenvalue weighted by molar-refractivity contribution is 7.98. The van der Waals surface area contributed by atoms with E-state index in [1.807, 2.05) is 13.2 Å². The smallest absolute Gasteiger partial charge is 0.246 e. The van der Waals surface area contributed by atoms with Gasteiger partial charge in [0.05, 0.1) is 6.61 Å². The van der Waals surface area contributed by atoms with Crippen LogP contribution in [0.2, 0.25) is 0 Å². The first-order valence-corrected chi connectivity index (χ1v) is 11.4. The third-order valence-corrected chi connectivity index (χ3v) is 6.53. The molecular weight excluding hydrogens is 360 g/mol. The number of carbonyl (C=O) groups is 1. The average molecular weight is 387 g/mol. The fraction of sp³-hybridized carbons (Fsp3) is 0.588. The highest BCUT2D eigenvalue weighted by Gasteiger charge is 2.29. The number of thioether (sulfide) groups is 1. The minimum atomic E-state index is -3.64. The van der Waals surface area contributed by atoms with Crippen molar-refractivity contribution in [2.24, 2.45) is 0 Å². The number of carbonyl (C=O) groups excluding carboxylic acids is 1. The Morgan fingerprint density at radius 3 is 2.64 bits per heavy atom. The second-order valence-electron chi connectivity index (χ2n) is 5.85. The zero-order chi connectivity index (χ0) is 18.3. The summed E-state index contributed by atoms with van der Waals surface area (Å²) in [6.07, 6.45) is 5.12. The molecule has 0 atom stereocenters. The summed E-state index contributed by atoms with van der Waals surface area (Å²) in [4.78, 5) is 12.1. The van der Waals surface area contributed by atoms with E-state index in [1.54, 1.807) is 23.9 Å². The molecule has 1 amide bonds. The van der Waals surface area contributed by atoms with Gasteiger partial charge in [0.1, 0.15) is 10.6 Å². The fourth-order valence-electron chi connectivity index (χ4n) is 2.72. The van der Waals surface area contributed by atoms with Gasteiger partial charge in [-0.05, 0) is 44.2 Å². The predicted molar refractivity (Wildman–Crippen MR) is 102 cm³/mol. The summed E-state index contributed by atoms with van der Waals surface area (Å²) in [7, 11) is -3.64. The Kier molecular flexibility index (Phi) is 7.58. The van der Waals surface area contributed by atoms with Gasteiger partial charge in [-0.3, -0.25) is 4.79 Å². The lowest BCUT2D eigenvalue weighted by Gasteiger charge is -2.27. The van der Waals surface area contributed by atoms with Crippen LogP contribution in [0.25, 0.3) is 0 Å². The van der Waals surface area contributed by atoms with Crippen LogP contribution in [0, 0.1) is 0 Å². The summed E-state index contributed by atoms with van der Waals surface area (Å²) in [5.41, 5.74) is 0.477. The van der Waals surface area contributed by atoms with E-state index in [0.29, 0.717) is 37.6 Å². The Labute approximate surface area is 154 Å². The molecule has 0 bridgehead atoms. The first-order chi connectivity index (χ1) is 12.0. The van der Waals surface area contributed by atoms with Crippen molar-refractivity contribution < 1.29 is 17.9 Å². The van der Waals surface area contributed by atoms with E-state index in [1.165, 1.54) is 10.4 Å². The molecule has 25 heavy (non-hydrogen) atoms. The van der Waals surface area contributed by atoms with Gasteiger partial charge in [0.2, 0.25) is 15.9 Å². The molecule has 6 nitrogen and oxygen atoms in total. The van der Waals surface area contributed by atoms with Crippen LogP contribution in [-0.4, -0.2) is 50.3 Å². The normalized spacial score (nSPS) is 15.8. The number of ether oxygens (including phenoxy) is 1. The third-order valence-electron chi connectivity index (χ3n) is 3.99. The molecular formula is C17H26N2O4S2. The molecule has 0 unspecified atom stereocenters. The minimum Gasteiger partial charge on any atom is -0.492 e. The van der Waals surface area contributed by atoms with Crippen LogP contribution in [0.15, 0.2) is 23.1 Å². The molecule has 1 fully saturated rings. The number of rotatable bonds is 8. The third kappa shape index (κ3) is 5.36. The van der Waals surface area contributed by atoms with Gasteiger partial charge in [0.15, 0.2) is 0 Å².